The number of rotatable bonds is 4. The van der Waals surface area contributed by atoms with E-state index in [0.717, 1.165) is 16.9 Å². The molecule has 2 heterocycles. The van der Waals surface area contributed by atoms with E-state index in [-0.39, 0.29) is 11.7 Å². The van der Waals surface area contributed by atoms with Gasteiger partial charge in [0.1, 0.15) is 5.82 Å². The number of piperazine rings is 1. The van der Waals surface area contributed by atoms with Crippen LogP contribution < -0.4 is 4.90 Å². The van der Waals surface area contributed by atoms with Gasteiger partial charge in [-0.05, 0) is 36.8 Å². The highest BCUT2D eigenvalue weighted by molar-refractivity contribution is 5.93. The van der Waals surface area contributed by atoms with E-state index in [1.165, 1.54) is 12.1 Å². The maximum atomic E-state index is 13.1. The van der Waals surface area contributed by atoms with Gasteiger partial charge in [0.15, 0.2) is 5.69 Å². The molecule has 0 N–H and O–H groups in total. The zero-order chi connectivity index (χ0) is 19.5. The Morgan fingerprint density at radius 1 is 1.00 bits per heavy atom. The number of amides is 1. The summed E-state index contributed by atoms with van der Waals surface area (Å²) in [5, 5.41) is 8.31. The monoisotopic (exact) mass is 379 g/mol. The highest BCUT2D eigenvalue weighted by atomic mass is 19.1. The lowest BCUT2D eigenvalue weighted by molar-refractivity contribution is 0.0740. The molecule has 4 rings (SSSR count). The third kappa shape index (κ3) is 3.74. The minimum atomic E-state index is -0.244. The molecule has 6 nitrogen and oxygen atoms in total. The van der Waals surface area contributed by atoms with Crippen molar-refractivity contribution in [2.75, 3.05) is 31.1 Å². The first-order valence-electron chi connectivity index (χ1n) is 9.35. The van der Waals surface area contributed by atoms with Crippen molar-refractivity contribution < 1.29 is 9.18 Å². The van der Waals surface area contributed by atoms with Crippen LogP contribution in [0.3, 0.4) is 0 Å². The first-order chi connectivity index (χ1) is 13.6. The summed E-state index contributed by atoms with van der Waals surface area (Å²) < 4.78 is 14.9. The zero-order valence-electron chi connectivity index (χ0n) is 15.8. The molecule has 7 heteroatoms. The van der Waals surface area contributed by atoms with Crippen LogP contribution in [0.4, 0.5) is 10.1 Å². The Labute approximate surface area is 163 Å². The highest BCUT2D eigenvalue weighted by Crippen LogP contribution is 2.18. The number of nitrogens with zero attached hydrogens (tertiary/aromatic N) is 5. The van der Waals surface area contributed by atoms with Crippen molar-refractivity contribution in [1.29, 1.82) is 0 Å². The maximum absolute atomic E-state index is 13.1. The SMILES string of the molecule is Cc1c(C(=O)N2CCN(c3ccc(F)cc3)CC2)nnn1Cc1ccccc1. The van der Waals surface area contributed by atoms with E-state index in [4.69, 9.17) is 0 Å². The molecule has 1 fully saturated rings. The van der Waals surface area contributed by atoms with Crippen LogP contribution >= 0.6 is 0 Å². The normalized spacial score (nSPS) is 14.4. The van der Waals surface area contributed by atoms with Crippen molar-refractivity contribution in [3.63, 3.8) is 0 Å². The average Bonchev–Trinajstić information content (AvgIpc) is 3.09. The van der Waals surface area contributed by atoms with Gasteiger partial charge in [0.05, 0.1) is 12.2 Å². The third-order valence-corrected chi connectivity index (χ3v) is 5.12. The van der Waals surface area contributed by atoms with Crippen LogP contribution in [0.25, 0.3) is 0 Å². The van der Waals surface area contributed by atoms with Crippen LogP contribution in [0.5, 0.6) is 0 Å². The Balaban J connectivity index is 1.41. The van der Waals surface area contributed by atoms with Gasteiger partial charge < -0.3 is 9.80 Å². The van der Waals surface area contributed by atoms with Gasteiger partial charge in [0.2, 0.25) is 0 Å². The number of carbonyl (C=O) groups excluding carboxylic acids is 1. The van der Waals surface area contributed by atoms with E-state index >= 15 is 0 Å². The van der Waals surface area contributed by atoms with Gasteiger partial charge in [-0.2, -0.15) is 0 Å². The van der Waals surface area contributed by atoms with E-state index in [2.05, 4.69) is 15.2 Å². The Kier molecular flexibility index (Phi) is 5.06. The summed E-state index contributed by atoms with van der Waals surface area (Å²) in [6.07, 6.45) is 0. The van der Waals surface area contributed by atoms with Crippen LogP contribution in [0.2, 0.25) is 0 Å². The van der Waals surface area contributed by atoms with E-state index in [9.17, 15) is 9.18 Å². The Morgan fingerprint density at radius 3 is 2.36 bits per heavy atom. The predicted octanol–water partition coefficient (Wildman–Crippen LogP) is 2.74. The maximum Gasteiger partial charge on any atom is 0.276 e. The van der Waals surface area contributed by atoms with E-state index in [1.807, 2.05) is 42.2 Å². The van der Waals surface area contributed by atoms with Gasteiger partial charge in [0.25, 0.3) is 5.91 Å². The summed E-state index contributed by atoms with van der Waals surface area (Å²) in [4.78, 5) is 16.9. The van der Waals surface area contributed by atoms with Gasteiger partial charge in [-0.25, -0.2) is 9.07 Å². The summed E-state index contributed by atoms with van der Waals surface area (Å²) in [6.45, 7) is 5.07. The highest BCUT2D eigenvalue weighted by Gasteiger charge is 2.26. The molecule has 0 bridgehead atoms. The molecule has 0 saturated carbocycles. The van der Waals surface area contributed by atoms with Crippen LogP contribution in [0, 0.1) is 12.7 Å². The lowest BCUT2D eigenvalue weighted by atomic mass is 10.2. The van der Waals surface area contributed by atoms with Gasteiger partial charge in [0, 0.05) is 31.9 Å². The minimum absolute atomic E-state index is 0.0874. The summed E-state index contributed by atoms with van der Waals surface area (Å²) >= 11 is 0. The molecular weight excluding hydrogens is 357 g/mol. The molecule has 28 heavy (non-hydrogen) atoms. The molecule has 1 aliphatic rings. The van der Waals surface area contributed by atoms with Crippen molar-refractivity contribution in [1.82, 2.24) is 19.9 Å². The van der Waals surface area contributed by atoms with Gasteiger partial charge in [-0.3, -0.25) is 4.79 Å². The summed E-state index contributed by atoms with van der Waals surface area (Å²) in [5.41, 5.74) is 3.27. The largest absolute Gasteiger partial charge is 0.368 e. The molecule has 2 aromatic carbocycles. The van der Waals surface area contributed by atoms with Crippen LogP contribution in [0.15, 0.2) is 54.6 Å². The minimum Gasteiger partial charge on any atom is -0.368 e. The van der Waals surface area contributed by atoms with Crippen molar-refractivity contribution in [2.45, 2.75) is 13.5 Å². The molecule has 0 atom stereocenters. The molecule has 144 valence electrons. The number of hydrogen-bond donors (Lipinski definition) is 0. The number of halogens is 1. The van der Waals surface area contributed by atoms with Crippen molar-refractivity contribution in [3.05, 3.63) is 77.4 Å². The topological polar surface area (TPSA) is 54.3 Å². The molecule has 1 aliphatic heterocycles. The summed E-state index contributed by atoms with van der Waals surface area (Å²) in [7, 11) is 0. The fourth-order valence-corrected chi connectivity index (χ4v) is 3.43. The van der Waals surface area contributed by atoms with E-state index in [0.29, 0.717) is 38.4 Å². The van der Waals surface area contributed by atoms with Gasteiger partial charge in [-0.15, -0.1) is 5.10 Å². The fraction of sp³-hybridized carbons (Fsp3) is 0.286. The molecule has 3 aromatic rings. The van der Waals surface area contributed by atoms with E-state index < -0.39 is 0 Å². The first-order valence-corrected chi connectivity index (χ1v) is 9.35. The summed E-state index contributed by atoms with van der Waals surface area (Å²) in [5.74, 6) is -0.331. The quantitative estimate of drug-likeness (QED) is 0.700. The Hall–Kier alpha value is -3.22. The van der Waals surface area contributed by atoms with Crippen molar-refractivity contribution in [3.8, 4) is 0 Å². The van der Waals surface area contributed by atoms with Gasteiger partial charge >= 0.3 is 0 Å². The van der Waals surface area contributed by atoms with Crippen molar-refractivity contribution in [2.24, 2.45) is 0 Å². The Bertz CT molecular complexity index is 947. The number of aromatic nitrogens is 3. The van der Waals surface area contributed by atoms with Crippen LogP contribution in [-0.2, 0) is 6.54 Å². The Morgan fingerprint density at radius 2 is 1.68 bits per heavy atom. The second-order valence-electron chi connectivity index (χ2n) is 6.92. The van der Waals surface area contributed by atoms with E-state index in [1.54, 1.807) is 16.8 Å². The number of carbonyl (C=O) groups is 1. The molecule has 0 radical (unpaired) electrons. The standard InChI is InChI=1S/C21H22FN5O/c1-16-20(23-24-27(16)15-17-5-3-2-4-6-17)21(28)26-13-11-25(12-14-26)19-9-7-18(22)8-10-19/h2-10H,11-15H2,1H3. The average molecular weight is 379 g/mol. The molecule has 1 aromatic heterocycles. The number of hydrogen-bond acceptors (Lipinski definition) is 4. The smallest absolute Gasteiger partial charge is 0.276 e. The third-order valence-electron chi connectivity index (χ3n) is 5.12. The molecule has 1 amide bonds. The number of benzene rings is 2. The lowest BCUT2D eigenvalue weighted by Gasteiger charge is -2.35. The van der Waals surface area contributed by atoms with Gasteiger partial charge in [-0.1, -0.05) is 35.5 Å². The lowest BCUT2D eigenvalue weighted by Crippen LogP contribution is -2.49. The molecular formula is C21H22FN5O. The fourth-order valence-electron chi connectivity index (χ4n) is 3.43. The predicted molar refractivity (Wildman–Crippen MR) is 105 cm³/mol. The summed E-state index contributed by atoms with van der Waals surface area (Å²) in [6, 6.07) is 16.4. The second-order valence-corrected chi connectivity index (χ2v) is 6.92. The molecule has 0 unspecified atom stereocenters. The van der Waals surface area contributed by atoms with Crippen LogP contribution in [-0.4, -0.2) is 52.0 Å². The van der Waals surface area contributed by atoms with Crippen LogP contribution in [0.1, 0.15) is 21.7 Å². The number of anilines is 1. The molecule has 0 aliphatic carbocycles. The van der Waals surface area contributed by atoms with Crippen molar-refractivity contribution >= 4 is 11.6 Å². The first kappa shape index (κ1) is 18.2. The second kappa shape index (κ2) is 7.80. The zero-order valence-corrected chi connectivity index (χ0v) is 15.8. The molecule has 1 saturated heterocycles. The molecule has 0 spiro atoms.